The highest BCUT2D eigenvalue weighted by atomic mass is 16.5. The SMILES string of the molecule is Cc1noc(C)c1CN(CCO)CC1CCCN1. The molecule has 5 heteroatoms. The van der Waals surface area contributed by atoms with Crippen LogP contribution in [0.1, 0.15) is 29.9 Å². The maximum Gasteiger partial charge on any atom is 0.138 e. The van der Waals surface area contributed by atoms with Gasteiger partial charge in [-0.15, -0.1) is 0 Å². The molecule has 0 saturated carbocycles. The van der Waals surface area contributed by atoms with E-state index in [1.54, 1.807) is 0 Å². The van der Waals surface area contributed by atoms with Gasteiger partial charge in [-0.2, -0.15) is 0 Å². The van der Waals surface area contributed by atoms with Gasteiger partial charge in [-0.25, -0.2) is 0 Å². The Kier molecular flexibility index (Phi) is 4.74. The van der Waals surface area contributed by atoms with Gasteiger partial charge in [0.2, 0.25) is 0 Å². The average molecular weight is 253 g/mol. The number of aryl methyl sites for hydroxylation is 2. The van der Waals surface area contributed by atoms with Crippen LogP contribution in [0.25, 0.3) is 0 Å². The van der Waals surface area contributed by atoms with Gasteiger partial charge >= 0.3 is 0 Å². The van der Waals surface area contributed by atoms with E-state index in [2.05, 4.69) is 15.4 Å². The second-order valence-electron chi connectivity index (χ2n) is 5.05. The highest BCUT2D eigenvalue weighted by Gasteiger charge is 2.20. The van der Waals surface area contributed by atoms with Crippen molar-refractivity contribution in [3.8, 4) is 0 Å². The molecule has 5 nitrogen and oxygen atoms in total. The van der Waals surface area contributed by atoms with E-state index < -0.39 is 0 Å². The van der Waals surface area contributed by atoms with Gasteiger partial charge in [0.05, 0.1) is 12.3 Å². The van der Waals surface area contributed by atoms with Crippen LogP contribution in [-0.4, -0.2) is 47.4 Å². The summed E-state index contributed by atoms with van der Waals surface area (Å²) >= 11 is 0. The fourth-order valence-electron chi connectivity index (χ4n) is 2.55. The molecule has 1 aromatic rings. The van der Waals surface area contributed by atoms with Crippen LogP contribution in [0.5, 0.6) is 0 Å². The van der Waals surface area contributed by atoms with Crippen molar-refractivity contribution in [1.82, 2.24) is 15.4 Å². The van der Waals surface area contributed by atoms with Crippen LogP contribution in [0.2, 0.25) is 0 Å². The first-order valence-corrected chi connectivity index (χ1v) is 6.69. The normalized spacial score (nSPS) is 19.9. The topological polar surface area (TPSA) is 61.5 Å². The van der Waals surface area contributed by atoms with E-state index in [0.29, 0.717) is 12.6 Å². The lowest BCUT2D eigenvalue weighted by molar-refractivity contribution is 0.178. The minimum atomic E-state index is 0.191. The number of nitrogens with zero attached hydrogens (tertiary/aromatic N) is 2. The maximum atomic E-state index is 9.18. The average Bonchev–Trinajstić information content (AvgIpc) is 2.94. The smallest absolute Gasteiger partial charge is 0.138 e. The van der Waals surface area contributed by atoms with Crippen molar-refractivity contribution in [2.75, 3.05) is 26.2 Å². The predicted octanol–water partition coefficient (Wildman–Crippen LogP) is 0.838. The van der Waals surface area contributed by atoms with Crippen LogP contribution in [0, 0.1) is 13.8 Å². The highest BCUT2D eigenvalue weighted by molar-refractivity contribution is 5.20. The first kappa shape index (κ1) is 13.5. The lowest BCUT2D eigenvalue weighted by Crippen LogP contribution is -2.38. The summed E-state index contributed by atoms with van der Waals surface area (Å²) in [6.07, 6.45) is 2.48. The minimum absolute atomic E-state index is 0.191. The minimum Gasteiger partial charge on any atom is -0.395 e. The number of hydrogen-bond donors (Lipinski definition) is 2. The molecule has 2 heterocycles. The molecule has 0 bridgehead atoms. The van der Waals surface area contributed by atoms with Crippen molar-refractivity contribution < 1.29 is 9.63 Å². The first-order chi connectivity index (χ1) is 8.70. The number of rotatable bonds is 6. The zero-order valence-electron chi connectivity index (χ0n) is 11.3. The molecule has 0 aliphatic carbocycles. The molecule has 1 saturated heterocycles. The van der Waals surface area contributed by atoms with E-state index in [4.69, 9.17) is 4.52 Å². The van der Waals surface area contributed by atoms with Gasteiger partial charge in [0.15, 0.2) is 0 Å². The van der Waals surface area contributed by atoms with E-state index >= 15 is 0 Å². The summed E-state index contributed by atoms with van der Waals surface area (Å²) in [6.45, 7) is 7.70. The Morgan fingerprint density at radius 1 is 1.50 bits per heavy atom. The summed E-state index contributed by atoms with van der Waals surface area (Å²) in [6, 6.07) is 0.553. The summed E-state index contributed by atoms with van der Waals surface area (Å²) in [4.78, 5) is 2.27. The zero-order valence-corrected chi connectivity index (χ0v) is 11.3. The summed E-state index contributed by atoms with van der Waals surface area (Å²) in [7, 11) is 0. The number of aliphatic hydroxyl groups excluding tert-OH is 1. The van der Waals surface area contributed by atoms with Crippen LogP contribution in [0.15, 0.2) is 4.52 Å². The number of aliphatic hydroxyl groups is 1. The van der Waals surface area contributed by atoms with E-state index in [1.165, 1.54) is 12.8 Å². The summed E-state index contributed by atoms with van der Waals surface area (Å²) in [5.41, 5.74) is 2.11. The van der Waals surface area contributed by atoms with Crippen molar-refractivity contribution in [3.05, 3.63) is 17.0 Å². The van der Waals surface area contributed by atoms with Crippen LogP contribution >= 0.6 is 0 Å². The van der Waals surface area contributed by atoms with Crippen molar-refractivity contribution >= 4 is 0 Å². The van der Waals surface area contributed by atoms with E-state index in [1.807, 2.05) is 13.8 Å². The van der Waals surface area contributed by atoms with Crippen molar-refractivity contribution in [2.24, 2.45) is 0 Å². The van der Waals surface area contributed by atoms with Gasteiger partial charge in [-0.3, -0.25) is 4.90 Å². The Morgan fingerprint density at radius 2 is 2.33 bits per heavy atom. The molecule has 0 spiro atoms. The number of aromatic nitrogens is 1. The summed E-state index contributed by atoms with van der Waals surface area (Å²) in [5, 5.41) is 16.7. The van der Waals surface area contributed by atoms with Crippen LogP contribution in [-0.2, 0) is 6.54 Å². The molecule has 1 aliphatic heterocycles. The van der Waals surface area contributed by atoms with Crippen molar-refractivity contribution in [3.63, 3.8) is 0 Å². The zero-order chi connectivity index (χ0) is 13.0. The fraction of sp³-hybridized carbons (Fsp3) is 0.769. The molecule has 102 valence electrons. The van der Waals surface area contributed by atoms with Crippen LogP contribution < -0.4 is 5.32 Å². The Labute approximate surface area is 108 Å². The Bertz CT molecular complexity index is 353. The molecule has 1 unspecified atom stereocenters. The van der Waals surface area contributed by atoms with Crippen molar-refractivity contribution in [1.29, 1.82) is 0 Å². The second-order valence-corrected chi connectivity index (χ2v) is 5.05. The molecule has 1 fully saturated rings. The Morgan fingerprint density at radius 3 is 2.89 bits per heavy atom. The molecule has 1 aliphatic rings. The van der Waals surface area contributed by atoms with Crippen LogP contribution in [0.4, 0.5) is 0 Å². The third-order valence-electron chi connectivity index (χ3n) is 3.62. The van der Waals surface area contributed by atoms with Gasteiger partial charge in [0.1, 0.15) is 5.76 Å². The Hall–Kier alpha value is -0.910. The largest absolute Gasteiger partial charge is 0.395 e. The predicted molar refractivity (Wildman–Crippen MR) is 69.4 cm³/mol. The van der Waals surface area contributed by atoms with Gasteiger partial charge in [0.25, 0.3) is 0 Å². The molecule has 2 N–H and O–H groups in total. The molecular weight excluding hydrogens is 230 g/mol. The van der Waals surface area contributed by atoms with E-state index in [9.17, 15) is 5.11 Å². The number of nitrogens with one attached hydrogen (secondary N) is 1. The quantitative estimate of drug-likeness (QED) is 0.786. The summed E-state index contributed by atoms with van der Waals surface area (Å²) < 4.78 is 5.19. The molecule has 0 radical (unpaired) electrons. The van der Waals surface area contributed by atoms with Gasteiger partial charge in [0, 0.05) is 31.2 Å². The van der Waals surface area contributed by atoms with Gasteiger partial charge < -0.3 is 14.9 Å². The summed E-state index contributed by atoms with van der Waals surface area (Å²) in [5.74, 6) is 0.884. The lowest BCUT2D eigenvalue weighted by Gasteiger charge is -2.24. The monoisotopic (exact) mass is 253 g/mol. The maximum absolute atomic E-state index is 9.18. The third-order valence-corrected chi connectivity index (χ3v) is 3.62. The standard InChI is InChI=1S/C13H23N3O2/c1-10-13(11(2)18-15-10)9-16(6-7-17)8-12-4-3-5-14-12/h12,14,17H,3-9H2,1-2H3. The second kappa shape index (κ2) is 6.31. The molecule has 1 atom stereocenters. The van der Waals surface area contributed by atoms with E-state index in [0.717, 1.165) is 36.7 Å². The van der Waals surface area contributed by atoms with E-state index in [-0.39, 0.29) is 6.61 Å². The molecule has 1 aromatic heterocycles. The van der Waals surface area contributed by atoms with Gasteiger partial charge in [-0.1, -0.05) is 5.16 Å². The fourth-order valence-corrected chi connectivity index (χ4v) is 2.55. The number of hydrogen-bond acceptors (Lipinski definition) is 5. The molecule has 2 rings (SSSR count). The molecule has 0 amide bonds. The molecule has 0 aromatic carbocycles. The first-order valence-electron chi connectivity index (χ1n) is 6.69. The van der Waals surface area contributed by atoms with Gasteiger partial charge in [-0.05, 0) is 33.2 Å². The Balaban J connectivity index is 1.96. The molecular formula is C13H23N3O2. The highest BCUT2D eigenvalue weighted by Crippen LogP contribution is 2.16. The molecule has 18 heavy (non-hydrogen) atoms. The van der Waals surface area contributed by atoms with Crippen molar-refractivity contribution in [2.45, 2.75) is 39.3 Å². The van der Waals surface area contributed by atoms with Crippen LogP contribution in [0.3, 0.4) is 0 Å². The lowest BCUT2D eigenvalue weighted by atomic mass is 10.1. The third kappa shape index (κ3) is 3.31.